The molecule has 2 rings (SSSR count). The van der Waals surface area contributed by atoms with Crippen LogP contribution in [0.15, 0.2) is 18.2 Å². The van der Waals surface area contributed by atoms with Crippen LogP contribution in [0.5, 0.6) is 11.5 Å². The highest BCUT2D eigenvalue weighted by Crippen LogP contribution is 2.37. The van der Waals surface area contributed by atoms with Gasteiger partial charge in [-0.3, -0.25) is 10.1 Å². The second-order valence-electron chi connectivity index (χ2n) is 4.20. The fraction of sp³-hybridized carbons (Fsp3) is 0.500. The van der Waals surface area contributed by atoms with Crippen molar-refractivity contribution >= 4 is 17.3 Å². The minimum Gasteiger partial charge on any atom is -0.493 e. The van der Waals surface area contributed by atoms with E-state index in [9.17, 15) is 10.1 Å². The maximum Gasteiger partial charge on any atom is 0.273 e. The topological polar surface area (TPSA) is 70.8 Å². The van der Waals surface area contributed by atoms with Gasteiger partial charge in [0.2, 0.25) is 0 Å². The number of rotatable bonds is 5. The summed E-state index contributed by atoms with van der Waals surface area (Å²) in [5.41, 5.74) is -0.0495. The molecule has 0 heterocycles. The van der Waals surface area contributed by atoms with E-state index < -0.39 is 4.92 Å². The third-order valence-electron chi connectivity index (χ3n) is 3.09. The molecule has 0 radical (unpaired) electrons. The van der Waals surface area contributed by atoms with Gasteiger partial charge in [-0.2, -0.15) is 0 Å². The van der Waals surface area contributed by atoms with Crippen molar-refractivity contribution in [3.05, 3.63) is 28.3 Å². The number of non-ortho nitro benzene ring substituents is 1. The van der Waals surface area contributed by atoms with Gasteiger partial charge in [-0.15, -0.1) is 11.6 Å². The van der Waals surface area contributed by atoms with Crippen molar-refractivity contribution in [2.75, 3.05) is 14.2 Å². The molecule has 1 aromatic rings. The smallest absolute Gasteiger partial charge is 0.273 e. The van der Waals surface area contributed by atoms with Crippen LogP contribution in [0, 0.1) is 10.1 Å². The molecule has 0 N–H and O–H groups in total. The Morgan fingerprint density at radius 3 is 2.63 bits per heavy atom. The summed E-state index contributed by atoms with van der Waals surface area (Å²) >= 11 is 5.99. The molecule has 3 unspecified atom stereocenters. The van der Waals surface area contributed by atoms with Crippen LogP contribution in [-0.2, 0) is 4.74 Å². The van der Waals surface area contributed by atoms with Gasteiger partial charge in [0.25, 0.3) is 5.69 Å². The van der Waals surface area contributed by atoms with E-state index in [4.69, 9.17) is 25.8 Å². The van der Waals surface area contributed by atoms with Gasteiger partial charge in [-0.05, 0) is 6.07 Å². The molecule has 1 fully saturated rings. The molecule has 0 saturated heterocycles. The molecule has 3 atom stereocenters. The molecule has 19 heavy (non-hydrogen) atoms. The minimum absolute atomic E-state index is 0.0495. The Bertz CT molecular complexity index is 481. The van der Waals surface area contributed by atoms with Gasteiger partial charge < -0.3 is 14.2 Å². The molecule has 1 aromatic carbocycles. The summed E-state index contributed by atoms with van der Waals surface area (Å²) in [6.45, 7) is 0. The molecule has 7 heteroatoms. The molecule has 6 nitrogen and oxygen atoms in total. The van der Waals surface area contributed by atoms with Crippen molar-refractivity contribution in [1.82, 2.24) is 0 Å². The predicted octanol–water partition coefficient (Wildman–Crippen LogP) is 2.38. The number of ether oxygens (including phenoxy) is 3. The number of nitro benzene ring substituents is 1. The van der Waals surface area contributed by atoms with Crippen molar-refractivity contribution in [2.24, 2.45) is 0 Å². The molecule has 1 saturated carbocycles. The normalized spacial score (nSPS) is 25.5. The second-order valence-corrected chi connectivity index (χ2v) is 4.76. The van der Waals surface area contributed by atoms with Crippen molar-refractivity contribution in [3.63, 3.8) is 0 Å². The lowest BCUT2D eigenvalue weighted by Gasteiger charge is -2.39. The van der Waals surface area contributed by atoms with E-state index in [1.54, 1.807) is 7.11 Å². The van der Waals surface area contributed by atoms with Crippen LogP contribution in [0.2, 0.25) is 0 Å². The van der Waals surface area contributed by atoms with Gasteiger partial charge >= 0.3 is 0 Å². The van der Waals surface area contributed by atoms with Gasteiger partial charge in [0.1, 0.15) is 12.2 Å². The number of hydrogen-bond acceptors (Lipinski definition) is 5. The molecule has 0 spiro atoms. The average molecular weight is 288 g/mol. The van der Waals surface area contributed by atoms with E-state index in [-0.39, 0.29) is 23.3 Å². The second kappa shape index (κ2) is 5.63. The maximum absolute atomic E-state index is 10.8. The Morgan fingerprint density at radius 1 is 1.37 bits per heavy atom. The van der Waals surface area contributed by atoms with E-state index in [1.165, 1.54) is 25.3 Å². The number of methoxy groups -OCH3 is 2. The molecule has 0 amide bonds. The minimum atomic E-state index is -0.481. The third kappa shape index (κ3) is 2.74. The highest BCUT2D eigenvalue weighted by molar-refractivity contribution is 6.21. The zero-order valence-electron chi connectivity index (χ0n) is 10.5. The summed E-state index contributed by atoms with van der Waals surface area (Å²) in [5, 5.41) is 10.7. The average Bonchev–Trinajstić information content (AvgIpc) is 2.38. The Balaban J connectivity index is 2.18. The zero-order chi connectivity index (χ0) is 14.0. The number of nitro groups is 1. The van der Waals surface area contributed by atoms with Gasteiger partial charge in [-0.25, -0.2) is 0 Å². The summed E-state index contributed by atoms with van der Waals surface area (Å²) in [7, 11) is 3.03. The summed E-state index contributed by atoms with van der Waals surface area (Å²) in [4.78, 5) is 10.3. The Hall–Kier alpha value is -1.53. The molecule has 0 aliphatic heterocycles. The first-order chi connectivity index (χ1) is 9.06. The highest BCUT2D eigenvalue weighted by Gasteiger charge is 2.42. The Morgan fingerprint density at radius 2 is 2.11 bits per heavy atom. The summed E-state index contributed by atoms with van der Waals surface area (Å²) in [5.74, 6) is 0.769. The molecule has 1 aliphatic carbocycles. The monoisotopic (exact) mass is 287 g/mol. The van der Waals surface area contributed by atoms with Crippen LogP contribution in [0.3, 0.4) is 0 Å². The lowest BCUT2D eigenvalue weighted by atomic mass is 9.91. The van der Waals surface area contributed by atoms with Gasteiger partial charge in [0.15, 0.2) is 11.5 Å². The molecule has 0 bridgehead atoms. The van der Waals surface area contributed by atoms with Crippen LogP contribution in [0.1, 0.15) is 6.42 Å². The lowest BCUT2D eigenvalue weighted by Crippen LogP contribution is -2.52. The van der Waals surface area contributed by atoms with Crippen molar-refractivity contribution in [1.29, 1.82) is 0 Å². The molecular weight excluding hydrogens is 274 g/mol. The molecule has 104 valence electrons. The van der Waals surface area contributed by atoms with Crippen molar-refractivity contribution in [2.45, 2.75) is 24.0 Å². The summed E-state index contributed by atoms with van der Waals surface area (Å²) in [6, 6.07) is 4.21. The Kier molecular flexibility index (Phi) is 4.11. The van der Waals surface area contributed by atoms with Crippen molar-refractivity contribution in [3.8, 4) is 11.5 Å². The van der Waals surface area contributed by atoms with Crippen LogP contribution in [0.4, 0.5) is 5.69 Å². The number of benzene rings is 1. The largest absolute Gasteiger partial charge is 0.493 e. The first kappa shape index (κ1) is 13.9. The highest BCUT2D eigenvalue weighted by atomic mass is 35.5. The number of hydrogen-bond donors (Lipinski definition) is 0. The van der Waals surface area contributed by atoms with Crippen LogP contribution in [0.25, 0.3) is 0 Å². The summed E-state index contributed by atoms with van der Waals surface area (Å²) < 4.78 is 16.0. The van der Waals surface area contributed by atoms with E-state index in [0.717, 1.165) is 0 Å². The Labute approximate surface area is 115 Å². The SMILES string of the molecule is COc1ccc([N+](=O)[O-])cc1OC1CC(Cl)C1OC. The number of nitrogens with zero attached hydrogens (tertiary/aromatic N) is 1. The van der Waals surface area contributed by atoms with E-state index in [2.05, 4.69) is 0 Å². The van der Waals surface area contributed by atoms with E-state index >= 15 is 0 Å². The first-order valence-electron chi connectivity index (χ1n) is 5.72. The maximum atomic E-state index is 10.8. The first-order valence-corrected chi connectivity index (χ1v) is 6.16. The fourth-order valence-electron chi connectivity index (χ4n) is 1.98. The van der Waals surface area contributed by atoms with Crippen LogP contribution < -0.4 is 9.47 Å². The lowest BCUT2D eigenvalue weighted by molar-refractivity contribution is -0.385. The fourth-order valence-corrected chi connectivity index (χ4v) is 2.42. The van der Waals surface area contributed by atoms with Crippen molar-refractivity contribution < 1.29 is 19.1 Å². The number of halogens is 1. The van der Waals surface area contributed by atoms with E-state index in [1.807, 2.05) is 0 Å². The quantitative estimate of drug-likeness (QED) is 0.472. The van der Waals surface area contributed by atoms with Crippen LogP contribution in [-0.4, -0.2) is 36.7 Å². The van der Waals surface area contributed by atoms with Gasteiger partial charge in [-0.1, -0.05) is 0 Å². The molecule has 1 aliphatic rings. The third-order valence-corrected chi connectivity index (χ3v) is 3.52. The molecule has 0 aromatic heterocycles. The predicted molar refractivity (Wildman–Crippen MR) is 69.1 cm³/mol. The zero-order valence-corrected chi connectivity index (χ0v) is 11.3. The molecular formula is C12H14ClNO5. The summed E-state index contributed by atoms with van der Waals surface area (Å²) in [6.07, 6.45) is 0.195. The van der Waals surface area contributed by atoms with Gasteiger partial charge in [0.05, 0.1) is 23.5 Å². The van der Waals surface area contributed by atoms with E-state index in [0.29, 0.717) is 17.9 Å². The standard InChI is InChI=1S/C12H14ClNO5/c1-17-9-4-3-7(14(15)16)5-10(9)19-11-6-8(13)12(11)18-2/h3-5,8,11-12H,6H2,1-2H3. The van der Waals surface area contributed by atoms with Crippen LogP contribution >= 0.6 is 11.6 Å². The van der Waals surface area contributed by atoms with Gasteiger partial charge in [0, 0.05) is 19.6 Å². The number of alkyl halides is 1.